The van der Waals surface area contributed by atoms with Gasteiger partial charge in [-0.05, 0) is 82.6 Å². The molecular weight excluding hydrogens is 599 g/mol. The molecule has 0 unspecified atom stereocenters. The third-order valence-electron chi connectivity index (χ3n) is 8.73. The Morgan fingerprint density at radius 3 is 1.21 bits per heavy atom. The molecule has 0 saturated heterocycles. The first-order valence-electron chi connectivity index (χ1n) is 16.5. The molecule has 1 aromatic heterocycles. The Hall–Kier alpha value is -5.45. The van der Waals surface area contributed by atoms with Gasteiger partial charge >= 0.3 is 0 Å². The average Bonchev–Trinajstić information content (AvgIpc) is 3.11. The summed E-state index contributed by atoms with van der Waals surface area (Å²) in [7, 11) is -1.34. The zero-order valence-electron chi connectivity index (χ0n) is 28.2. The van der Waals surface area contributed by atoms with E-state index in [4.69, 9.17) is 15.0 Å². The SMILES string of the molecule is Cc1cc(-c2cccc(-c3ccc([Si](C)(C)C)cc3)c2)cc(-c2cc(C)cc(-c3nc(-c4ccccc4)nc(-c4ccccc4)n3)c2)c1. The average molecular weight is 638 g/mol. The Morgan fingerprint density at radius 1 is 0.333 bits per heavy atom. The maximum Gasteiger partial charge on any atom is 0.164 e. The lowest BCUT2D eigenvalue weighted by molar-refractivity contribution is 1.07. The molecule has 1 heterocycles. The van der Waals surface area contributed by atoms with Gasteiger partial charge in [-0.15, -0.1) is 0 Å². The van der Waals surface area contributed by atoms with Crippen LogP contribution in [0.4, 0.5) is 0 Å². The fourth-order valence-corrected chi connectivity index (χ4v) is 7.34. The molecule has 7 aromatic rings. The van der Waals surface area contributed by atoms with Crippen LogP contribution in [0.25, 0.3) is 67.5 Å². The second kappa shape index (κ2) is 13.0. The van der Waals surface area contributed by atoms with Crippen LogP contribution in [0.5, 0.6) is 0 Å². The van der Waals surface area contributed by atoms with Crippen molar-refractivity contribution in [3.63, 3.8) is 0 Å². The standard InChI is InChI=1S/C44H39N3Si/c1-30-23-37(36-18-12-17-35(27-36)32-19-21-41(22-20-32)48(3,4)5)28-38(24-30)39-25-31(2)26-40(29-39)44-46-42(33-13-8-6-9-14-33)45-43(47-44)34-15-10-7-11-16-34/h6-29H,1-5H3. The lowest BCUT2D eigenvalue weighted by atomic mass is 9.93. The van der Waals surface area contributed by atoms with Gasteiger partial charge in [0.1, 0.15) is 0 Å². The summed E-state index contributed by atoms with van der Waals surface area (Å²) in [6, 6.07) is 51.8. The van der Waals surface area contributed by atoms with E-state index in [1.807, 2.05) is 60.7 Å². The predicted octanol–water partition coefficient (Wildman–Crippen LogP) is 11.0. The van der Waals surface area contributed by atoms with Crippen molar-refractivity contribution in [1.82, 2.24) is 15.0 Å². The van der Waals surface area contributed by atoms with Gasteiger partial charge in [0.2, 0.25) is 0 Å². The molecule has 7 rings (SSSR count). The van der Waals surface area contributed by atoms with Gasteiger partial charge in [0, 0.05) is 16.7 Å². The molecule has 0 atom stereocenters. The summed E-state index contributed by atoms with van der Waals surface area (Å²) in [5.41, 5.74) is 12.4. The maximum absolute atomic E-state index is 5.00. The van der Waals surface area contributed by atoms with Crippen LogP contribution in [0.3, 0.4) is 0 Å². The van der Waals surface area contributed by atoms with Crippen molar-refractivity contribution in [2.24, 2.45) is 0 Å². The van der Waals surface area contributed by atoms with Gasteiger partial charge in [0.05, 0.1) is 8.07 Å². The Bertz CT molecular complexity index is 2160. The van der Waals surface area contributed by atoms with E-state index in [2.05, 4.69) is 118 Å². The fraction of sp³-hybridized carbons (Fsp3) is 0.114. The van der Waals surface area contributed by atoms with E-state index < -0.39 is 8.07 Å². The number of hydrogen-bond donors (Lipinski definition) is 0. The van der Waals surface area contributed by atoms with Gasteiger partial charge in [-0.1, -0.05) is 146 Å². The van der Waals surface area contributed by atoms with Gasteiger partial charge in [0.15, 0.2) is 17.5 Å². The van der Waals surface area contributed by atoms with Crippen LogP contribution in [0.2, 0.25) is 19.6 Å². The molecule has 0 aliphatic rings. The second-order valence-electron chi connectivity index (χ2n) is 13.6. The molecule has 6 aromatic carbocycles. The van der Waals surface area contributed by atoms with Gasteiger partial charge in [-0.3, -0.25) is 0 Å². The molecule has 4 heteroatoms. The lowest BCUT2D eigenvalue weighted by Crippen LogP contribution is -2.37. The van der Waals surface area contributed by atoms with Crippen molar-refractivity contribution >= 4 is 13.3 Å². The fourth-order valence-electron chi connectivity index (χ4n) is 6.17. The molecular formula is C44H39N3Si. The van der Waals surface area contributed by atoms with Crippen LogP contribution >= 0.6 is 0 Å². The molecule has 0 amide bonds. The number of aromatic nitrogens is 3. The zero-order valence-corrected chi connectivity index (χ0v) is 29.2. The smallest absolute Gasteiger partial charge is 0.164 e. The molecule has 0 aliphatic carbocycles. The van der Waals surface area contributed by atoms with Gasteiger partial charge in [-0.2, -0.15) is 0 Å². The highest BCUT2D eigenvalue weighted by Gasteiger charge is 2.17. The Morgan fingerprint density at radius 2 is 0.708 bits per heavy atom. The van der Waals surface area contributed by atoms with Crippen LogP contribution in [0, 0.1) is 13.8 Å². The molecule has 0 aliphatic heterocycles. The topological polar surface area (TPSA) is 38.7 Å². The normalized spacial score (nSPS) is 11.4. The summed E-state index contributed by atoms with van der Waals surface area (Å²) in [5, 5.41) is 1.48. The van der Waals surface area contributed by atoms with Gasteiger partial charge in [0.25, 0.3) is 0 Å². The first-order valence-corrected chi connectivity index (χ1v) is 20.0. The summed E-state index contributed by atoms with van der Waals surface area (Å²) < 4.78 is 0. The number of benzene rings is 6. The molecule has 48 heavy (non-hydrogen) atoms. The maximum atomic E-state index is 5.00. The molecule has 0 N–H and O–H groups in total. The number of hydrogen-bond acceptors (Lipinski definition) is 3. The van der Waals surface area contributed by atoms with E-state index in [0.29, 0.717) is 17.5 Å². The third kappa shape index (κ3) is 6.80. The zero-order chi connectivity index (χ0) is 33.3. The largest absolute Gasteiger partial charge is 0.208 e. The highest BCUT2D eigenvalue weighted by atomic mass is 28.3. The minimum absolute atomic E-state index is 0.661. The van der Waals surface area contributed by atoms with E-state index in [-0.39, 0.29) is 0 Å². The molecule has 0 bridgehead atoms. The van der Waals surface area contributed by atoms with Gasteiger partial charge in [-0.25, -0.2) is 15.0 Å². The molecule has 234 valence electrons. The quantitative estimate of drug-likeness (QED) is 0.163. The third-order valence-corrected chi connectivity index (χ3v) is 10.8. The van der Waals surface area contributed by atoms with Gasteiger partial charge < -0.3 is 0 Å². The van der Waals surface area contributed by atoms with Crippen molar-refractivity contribution in [2.45, 2.75) is 33.5 Å². The van der Waals surface area contributed by atoms with Crippen LogP contribution in [0.15, 0.2) is 146 Å². The Labute approximate surface area is 285 Å². The van der Waals surface area contributed by atoms with Crippen molar-refractivity contribution in [1.29, 1.82) is 0 Å². The van der Waals surface area contributed by atoms with E-state index in [1.54, 1.807) is 0 Å². The monoisotopic (exact) mass is 637 g/mol. The summed E-state index contributed by atoms with van der Waals surface area (Å²) in [5.74, 6) is 1.99. The van der Waals surface area contributed by atoms with Crippen molar-refractivity contribution < 1.29 is 0 Å². The minimum atomic E-state index is -1.34. The first kappa shape index (κ1) is 31.2. The molecule has 0 fully saturated rings. The van der Waals surface area contributed by atoms with Crippen molar-refractivity contribution in [3.05, 3.63) is 157 Å². The molecule has 3 nitrogen and oxygen atoms in total. The highest BCUT2D eigenvalue weighted by molar-refractivity contribution is 6.88. The van der Waals surface area contributed by atoms with E-state index in [1.165, 1.54) is 38.6 Å². The van der Waals surface area contributed by atoms with Crippen molar-refractivity contribution in [2.75, 3.05) is 0 Å². The summed E-state index contributed by atoms with van der Waals surface area (Å²) in [4.78, 5) is 14.9. The van der Waals surface area contributed by atoms with E-state index >= 15 is 0 Å². The number of aryl methyl sites for hydroxylation is 2. The minimum Gasteiger partial charge on any atom is -0.208 e. The molecule has 0 radical (unpaired) electrons. The second-order valence-corrected chi connectivity index (χ2v) is 18.7. The van der Waals surface area contributed by atoms with Crippen molar-refractivity contribution in [3.8, 4) is 67.5 Å². The summed E-state index contributed by atoms with van der Waals surface area (Å²) in [6.07, 6.45) is 0. The Balaban J connectivity index is 1.28. The predicted molar refractivity (Wildman–Crippen MR) is 205 cm³/mol. The summed E-state index contributed by atoms with van der Waals surface area (Å²) >= 11 is 0. The summed E-state index contributed by atoms with van der Waals surface area (Å²) in [6.45, 7) is 11.5. The first-order chi connectivity index (χ1) is 23.2. The Kier molecular flexibility index (Phi) is 8.43. The highest BCUT2D eigenvalue weighted by Crippen LogP contribution is 2.34. The van der Waals surface area contributed by atoms with E-state index in [0.717, 1.165) is 27.8 Å². The van der Waals surface area contributed by atoms with Crippen LogP contribution in [-0.2, 0) is 0 Å². The van der Waals surface area contributed by atoms with Crippen LogP contribution in [-0.4, -0.2) is 23.0 Å². The number of rotatable bonds is 7. The molecule has 0 spiro atoms. The lowest BCUT2D eigenvalue weighted by Gasteiger charge is -2.17. The van der Waals surface area contributed by atoms with Crippen LogP contribution < -0.4 is 5.19 Å². The number of nitrogens with zero attached hydrogens (tertiary/aromatic N) is 3. The molecule has 0 saturated carbocycles. The van der Waals surface area contributed by atoms with E-state index in [9.17, 15) is 0 Å². The van der Waals surface area contributed by atoms with Crippen LogP contribution in [0.1, 0.15) is 11.1 Å².